The van der Waals surface area contributed by atoms with Crippen LogP contribution in [0.25, 0.3) is 0 Å². The lowest BCUT2D eigenvalue weighted by Gasteiger charge is -2.40. The smallest absolute Gasteiger partial charge is 0.0175 e. The summed E-state index contributed by atoms with van der Waals surface area (Å²) in [5.74, 6) is 1.70. The molecule has 0 unspecified atom stereocenters. The van der Waals surface area contributed by atoms with E-state index in [0.717, 1.165) is 17.9 Å². The summed E-state index contributed by atoms with van der Waals surface area (Å²) in [6, 6.07) is 10.3. The molecule has 2 saturated carbocycles. The van der Waals surface area contributed by atoms with Crippen molar-refractivity contribution in [2.75, 3.05) is 0 Å². The highest BCUT2D eigenvalue weighted by atomic mass is 79.9. The largest absolute Gasteiger partial charge is 0.311 e. The Morgan fingerprint density at radius 1 is 1.05 bits per heavy atom. The molecule has 0 bridgehead atoms. The molecule has 2 fully saturated rings. The topological polar surface area (TPSA) is 12.0 Å². The van der Waals surface area contributed by atoms with Crippen LogP contribution in [0.1, 0.15) is 63.4 Å². The Morgan fingerprint density at radius 3 is 2.35 bits per heavy atom. The molecule has 3 rings (SSSR count). The van der Waals surface area contributed by atoms with E-state index in [4.69, 9.17) is 0 Å². The highest BCUT2D eigenvalue weighted by molar-refractivity contribution is 9.10. The zero-order chi connectivity index (χ0) is 13.9. The Bertz CT molecular complexity index is 416. The summed E-state index contributed by atoms with van der Waals surface area (Å²) in [6.07, 6.45) is 9.87. The summed E-state index contributed by atoms with van der Waals surface area (Å²) >= 11 is 3.51. The SMILES string of the molecule is C[C@H](NC1CC(c2ccc(Br)cc2)C1)C1CCCCC1. The van der Waals surface area contributed by atoms with Crippen molar-refractivity contribution in [3.8, 4) is 0 Å². The molecule has 2 heteroatoms. The molecule has 0 amide bonds. The second kappa shape index (κ2) is 6.62. The first-order valence-corrected chi connectivity index (χ1v) is 9.03. The van der Waals surface area contributed by atoms with Crippen LogP contribution in [0.5, 0.6) is 0 Å². The summed E-state index contributed by atoms with van der Waals surface area (Å²) in [4.78, 5) is 0. The van der Waals surface area contributed by atoms with Crippen LogP contribution in [-0.2, 0) is 0 Å². The molecule has 0 aliphatic heterocycles. The van der Waals surface area contributed by atoms with Gasteiger partial charge in [-0.25, -0.2) is 0 Å². The molecule has 2 aliphatic carbocycles. The Balaban J connectivity index is 1.44. The van der Waals surface area contributed by atoms with Crippen molar-refractivity contribution in [1.29, 1.82) is 0 Å². The van der Waals surface area contributed by atoms with Crippen molar-refractivity contribution < 1.29 is 0 Å². The highest BCUT2D eigenvalue weighted by Crippen LogP contribution is 2.38. The van der Waals surface area contributed by atoms with E-state index in [1.165, 1.54) is 55.0 Å². The van der Waals surface area contributed by atoms with Crippen LogP contribution in [0.2, 0.25) is 0 Å². The first-order valence-electron chi connectivity index (χ1n) is 8.24. The molecule has 2 aliphatic rings. The number of halogens is 1. The Labute approximate surface area is 131 Å². The van der Waals surface area contributed by atoms with E-state index >= 15 is 0 Å². The van der Waals surface area contributed by atoms with E-state index in [9.17, 15) is 0 Å². The van der Waals surface area contributed by atoms with Gasteiger partial charge in [0.25, 0.3) is 0 Å². The lowest BCUT2D eigenvalue weighted by Crippen LogP contribution is -2.47. The molecular weight excluding hydrogens is 310 g/mol. The molecular formula is C18H26BrN. The molecule has 1 nitrogen and oxygen atoms in total. The monoisotopic (exact) mass is 335 g/mol. The van der Waals surface area contributed by atoms with Crippen LogP contribution in [0.15, 0.2) is 28.7 Å². The van der Waals surface area contributed by atoms with Crippen LogP contribution in [0, 0.1) is 5.92 Å². The maximum Gasteiger partial charge on any atom is 0.0175 e. The van der Waals surface area contributed by atoms with Crippen molar-refractivity contribution in [1.82, 2.24) is 5.32 Å². The molecule has 0 radical (unpaired) electrons. The van der Waals surface area contributed by atoms with Gasteiger partial charge in [0.05, 0.1) is 0 Å². The number of benzene rings is 1. The van der Waals surface area contributed by atoms with Gasteiger partial charge in [-0.1, -0.05) is 47.3 Å². The van der Waals surface area contributed by atoms with Gasteiger partial charge in [0, 0.05) is 16.6 Å². The quantitative estimate of drug-likeness (QED) is 0.791. The van der Waals surface area contributed by atoms with Crippen LogP contribution < -0.4 is 5.32 Å². The van der Waals surface area contributed by atoms with Crippen molar-refractivity contribution in [3.05, 3.63) is 34.3 Å². The average molecular weight is 336 g/mol. The van der Waals surface area contributed by atoms with Gasteiger partial charge in [0.2, 0.25) is 0 Å². The maximum absolute atomic E-state index is 3.89. The van der Waals surface area contributed by atoms with Crippen LogP contribution in [0.3, 0.4) is 0 Å². The zero-order valence-electron chi connectivity index (χ0n) is 12.4. The van der Waals surface area contributed by atoms with Gasteiger partial charge in [-0.15, -0.1) is 0 Å². The van der Waals surface area contributed by atoms with Crippen LogP contribution >= 0.6 is 15.9 Å². The van der Waals surface area contributed by atoms with E-state index in [1.54, 1.807) is 0 Å². The van der Waals surface area contributed by atoms with Crippen molar-refractivity contribution in [2.24, 2.45) is 5.92 Å². The zero-order valence-corrected chi connectivity index (χ0v) is 14.0. The van der Waals surface area contributed by atoms with Gasteiger partial charge >= 0.3 is 0 Å². The Hall–Kier alpha value is -0.340. The molecule has 0 heterocycles. The van der Waals surface area contributed by atoms with E-state index < -0.39 is 0 Å². The van der Waals surface area contributed by atoms with Gasteiger partial charge in [0.15, 0.2) is 0 Å². The van der Waals surface area contributed by atoms with E-state index in [0.29, 0.717) is 6.04 Å². The third-order valence-corrected chi connectivity index (χ3v) is 5.86. The van der Waals surface area contributed by atoms with Gasteiger partial charge in [0.1, 0.15) is 0 Å². The second-order valence-electron chi connectivity index (χ2n) is 6.77. The van der Waals surface area contributed by atoms with Crippen LogP contribution in [0.4, 0.5) is 0 Å². The summed E-state index contributed by atoms with van der Waals surface area (Å²) in [7, 11) is 0. The third-order valence-electron chi connectivity index (χ3n) is 5.34. The fraction of sp³-hybridized carbons (Fsp3) is 0.667. The number of hydrogen-bond acceptors (Lipinski definition) is 1. The number of rotatable bonds is 4. The minimum Gasteiger partial charge on any atom is -0.311 e. The summed E-state index contributed by atoms with van der Waals surface area (Å²) in [5.41, 5.74) is 1.51. The van der Waals surface area contributed by atoms with Gasteiger partial charge in [-0.3, -0.25) is 0 Å². The molecule has 0 aromatic heterocycles. The fourth-order valence-corrected chi connectivity index (χ4v) is 4.17. The molecule has 1 N–H and O–H groups in total. The van der Waals surface area contributed by atoms with Crippen molar-refractivity contribution >= 4 is 15.9 Å². The predicted octanol–water partition coefficient (Wildman–Crippen LogP) is 5.25. The fourth-order valence-electron chi connectivity index (χ4n) is 3.90. The Morgan fingerprint density at radius 2 is 1.70 bits per heavy atom. The lowest BCUT2D eigenvalue weighted by molar-refractivity contribution is 0.211. The lowest BCUT2D eigenvalue weighted by atomic mass is 9.75. The summed E-state index contributed by atoms with van der Waals surface area (Å²) < 4.78 is 1.18. The van der Waals surface area contributed by atoms with Crippen molar-refractivity contribution in [3.63, 3.8) is 0 Å². The number of nitrogens with one attached hydrogen (secondary N) is 1. The normalized spacial score (nSPS) is 28.9. The third kappa shape index (κ3) is 3.46. The van der Waals surface area contributed by atoms with Gasteiger partial charge in [-0.05, 0) is 62.1 Å². The van der Waals surface area contributed by atoms with E-state index in [-0.39, 0.29) is 0 Å². The van der Waals surface area contributed by atoms with Gasteiger partial charge in [-0.2, -0.15) is 0 Å². The minimum atomic E-state index is 0.714. The van der Waals surface area contributed by atoms with E-state index in [1.807, 2.05) is 0 Å². The maximum atomic E-state index is 3.89. The van der Waals surface area contributed by atoms with Crippen molar-refractivity contribution in [2.45, 2.75) is 69.9 Å². The molecule has 110 valence electrons. The van der Waals surface area contributed by atoms with E-state index in [2.05, 4.69) is 52.4 Å². The average Bonchev–Trinajstić information content (AvgIpc) is 2.44. The molecule has 20 heavy (non-hydrogen) atoms. The minimum absolute atomic E-state index is 0.714. The first-order chi connectivity index (χ1) is 9.72. The highest BCUT2D eigenvalue weighted by Gasteiger charge is 2.32. The summed E-state index contributed by atoms with van der Waals surface area (Å²) in [5, 5.41) is 3.89. The van der Waals surface area contributed by atoms with Crippen LogP contribution in [-0.4, -0.2) is 12.1 Å². The Kier molecular flexibility index (Phi) is 4.83. The van der Waals surface area contributed by atoms with Gasteiger partial charge < -0.3 is 5.32 Å². The number of hydrogen-bond donors (Lipinski definition) is 1. The second-order valence-corrected chi connectivity index (χ2v) is 7.69. The molecule has 0 spiro atoms. The molecule has 1 aromatic carbocycles. The molecule has 0 saturated heterocycles. The predicted molar refractivity (Wildman–Crippen MR) is 89.1 cm³/mol. The summed E-state index contributed by atoms with van der Waals surface area (Å²) in [6.45, 7) is 2.41. The first kappa shape index (κ1) is 14.6. The standard InChI is InChI=1S/C18H26BrN/c1-13(14-5-3-2-4-6-14)20-18-11-16(12-18)15-7-9-17(19)10-8-15/h7-10,13-14,16,18,20H,2-6,11-12H2,1H3/t13-,16?,18?/m0/s1. The molecule has 1 atom stereocenters. The molecule has 1 aromatic rings.